The molecule has 0 spiro atoms. The lowest BCUT2D eigenvalue weighted by molar-refractivity contribution is 0.189. The van der Waals surface area contributed by atoms with Gasteiger partial charge in [0.1, 0.15) is 8.07 Å². The summed E-state index contributed by atoms with van der Waals surface area (Å²) < 4.78 is 5.45. The highest BCUT2D eigenvalue weighted by molar-refractivity contribution is 6.89. The molecule has 0 aliphatic rings. The highest BCUT2D eigenvalue weighted by atomic mass is 28.3. The lowest BCUT2D eigenvalue weighted by Crippen LogP contribution is -2.47. The molecular weight excluding hydrogens is 194 g/mol. The van der Waals surface area contributed by atoms with Crippen LogP contribution in [0.25, 0.3) is 0 Å². The maximum absolute atomic E-state index is 10.9. The number of rotatable bonds is 4. The van der Waals surface area contributed by atoms with E-state index in [1.54, 1.807) is 6.07 Å². The van der Waals surface area contributed by atoms with Crippen LogP contribution < -0.4 is 10.7 Å². The first-order valence-corrected chi connectivity index (χ1v) is 8.04. The third kappa shape index (κ3) is 2.82. The fourth-order valence-corrected chi connectivity index (χ4v) is 3.15. The molecule has 1 heterocycles. The second kappa shape index (κ2) is 4.57. The minimum Gasteiger partial charge on any atom is -0.385 e. The number of hydrogen-bond acceptors (Lipinski definition) is 2. The molecule has 0 saturated carbocycles. The molecule has 4 heteroatoms. The molecule has 78 valence electrons. The highest BCUT2D eigenvalue weighted by Crippen LogP contribution is 2.01. The molecule has 0 aliphatic carbocycles. The molecule has 1 aromatic rings. The van der Waals surface area contributed by atoms with E-state index in [9.17, 15) is 4.79 Å². The zero-order valence-electron chi connectivity index (χ0n) is 8.96. The summed E-state index contributed by atoms with van der Waals surface area (Å²) in [5.74, 6) is 0. The van der Waals surface area contributed by atoms with Crippen molar-refractivity contribution in [2.45, 2.75) is 20.0 Å². The molecule has 0 radical (unpaired) electrons. The van der Waals surface area contributed by atoms with Crippen molar-refractivity contribution >= 4 is 13.3 Å². The van der Waals surface area contributed by atoms with E-state index >= 15 is 0 Å². The quantitative estimate of drug-likeness (QED) is 0.751. The summed E-state index contributed by atoms with van der Waals surface area (Å²) in [4.78, 5) is 13.6. The van der Waals surface area contributed by atoms with Crippen LogP contribution in [0.5, 0.6) is 0 Å². The monoisotopic (exact) mass is 211 g/mol. The lowest BCUT2D eigenvalue weighted by Gasteiger charge is -2.21. The third-order valence-corrected chi connectivity index (χ3v) is 5.03. The topological polar surface area (TPSA) is 42.1 Å². The van der Waals surface area contributed by atoms with Crippen LogP contribution >= 0.6 is 0 Å². The van der Waals surface area contributed by atoms with E-state index in [4.69, 9.17) is 4.74 Å². The van der Waals surface area contributed by atoms with Gasteiger partial charge in [-0.25, -0.2) is 0 Å². The van der Waals surface area contributed by atoms with E-state index in [-0.39, 0.29) is 5.56 Å². The van der Waals surface area contributed by atoms with Crippen LogP contribution in [0.2, 0.25) is 13.1 Å². The lowest BCUT2D eigenvalue weighted by atomic mass is 10.5. The normalized spacial score (nSPS) is 11.6. The standard InChI is InChI=1S/C10H17NO2Si/c1-4-13-8-14(2,3)9-5-6-10(12)11-7-9/h5-7H,4,8H2,1-3H3,(H,11,12). The van der Waals surface area contributed by atoms with Crippen molar-refractivity contribution in [3.63, 3.8) is 0 Å². The van der Waals surface area contributed by atoms with E-state index in [1.165, 1.54) is 5.19 Å². The molecule has 14 heavy (non-hydrogen) atoms. The second-order valence-electron chi connectivity index (χ2n) is 3.96. The summed E-state index contributed by atoms with van der Waals surface area (Å²) in [7, 11) is -1.52. The van der Waals surface area contributed by atoms with Gasteiger partial charge in [0, 0.05) is 25.1 Å². The number of ether oxygens (including phenoxy) is 1. The molecule has 0 bridgehead atoms. The summed E-state index contributed by atoms with van der Waals surface area (Å²) >= 11 is 0. The molecule has 3 nitrogen and oxygen atoms in total. The van der Waals surface area contributed by atoms with Crippen LogP contribution in [0.15, 0.2) is 23.1 Å². The minimum atomic E-state index is -1.52. The molecule has 1 rings (SSSR count). The third-order valence-electron chi connectivity index (χ3n) is 2.23. The maximum Gasteiger partial charge on any atom is 0.247 e. The van der Waals surface area contributed by atoms with E-state index in [0.29, 0.717) is 0 Å². The number of aromatic nitrogens is 1. The number of H-pyrrole nitrogens is 1. The molecule has 0 unspecified atom stereocenters. The van der Waals surface area contributed by atoms with Crippen molar-refractivity contribution in [2.24, 2.45) is 0 Å². The van der Waals surface area contributed by atoms with Crippen LogP contribution in [0.4, 0.5) is 0 Å². The van der Waals surface area contributed by atoms with Gasteiger partial charge in [0.05, 0.1) is 0 Å². The Kier molecular flexibility index (Phi) is 3.66. The van der Waals surface area contributed by atoms with Gasteiger partial charge in [0.15, 0.2) is 0 Å². The van der Waals surface area contributed by atoms with Crippen LogP contribution in [0, 0.1) is 0 Å². The van der Waals surface area contributed by atoms with Crippen LogP contribution in [-0.2, 0) is 4.74 Å². The Morgan fingerprint density at radius 2 is 2.14 bits per heavy atom. The Balaban J connectivity index is 2.80. The fourth-order valence-electron chi connectivity index (χ4n) is 1.27. The zero-order chi connectivity index (χ0) is 10.6. The van der Waals surface area contributed by atoms with Crippen LogP contribution in [0.1, 0.15) is 6.92 Å². The predicted octanol–water partition coefficient (Wildman–Crippen LogP) is 0.866. The molecule has 1 N–H and O–H groups in total. The molecule has 0 saturated heterocycles. The van der Waals surface area contributed by atoms with Gasteiger partial charge in [-0.05, 0) is 12.1 Å². The molecule has 0 fully saturated rings. The Morgan fingerprint density at radius 1 is 1.43 bits per heavy atom. The van der Waals surface area contributed by atoms with Gasteiger partial charge in [-0.2, -0.15) is 0 Å². The zero-order valence-corrected chi connectivity index (χ0v) is 9.96. The van der Waals surface area contributed by atoms with Gasteiger partial charge in [-0.3, -0.25) is 4.79 Å². The smallest absolute Gasteiger partial charge is 0.247 e. The maximum atomic E-state index is 10.9. The van der Waals surface area contributed by atoms with Gasteiger partial charge in [0.2, 0.25) is 5.56 Å². The van der Waals surface area contributed by atoms with Crippen molar-refractivity contribution in [1.82, 2.24) is 4.98 Å². The fraction of sp³-hybridized carbons (Fsp3) is 0.500. The first-order chi connectivity index (χ1) is 6.56. The van der Waals surface area contributed by atoms with Gasteiger partial charge in [-0.15, -0.1) is 0 Å². The molecule has 0 atom stereocenters. The van der Waals surface area contributed by atoms with Crippen molar-refractivity contribution in [3.8, 4) is 0 Å². The van der Waals surface area contributed by atoms with E-state index in [1.807, 2.05) is 19.2 Å². The molecule has 0 amide bonds. The molecular formula is C10H17NO2Si. The Bertz CT molecular complexity index is 326. The largest absolute Gasteiger partial charge is 0.385 e. The number of aromatic amines is 1. The predicted molar refractivity (Wildman–Crippen MR) is 60.7 cm³/mol. The average molecular weight is 211 g/mol. The van der Waals surface area contributed by atoms with Crippen molar-refractivity contribution in [3.05, 3.63) is 28.7 Å². The number of hydrogen-bond donors (Lipinski definition) is 1. The first kappa shape index (κ1) is 11.2. The van der Waals surface area contributed by atoms with E-state index in [2.05, 4.69) is 18.1 Å². The van der Waals surface area contributed by atoms with Crippen molar-refractivity contribution in [2.75, 3.05) is 12.8 Å². The second-order valence-corrected chi connectivity index (χ2v) is 8.60. The number of pyridine rings is 1. The summed E-state index contributed by atoms with van der Waals surface area (Å²) in [5.41, 5.74) is -0.0463. The Hall–Kier alpha value is -0.873. The summed E-state index contributed by atoms with van der Waals surface area (Å²) in [6, 6.07) is 3.49. The summed E-state index contributed by atoms with van der Waals surface area (Å²) in [6.07, 6.45) is 2.61. The van der Waals surface area contributed by atoms with Crippen LogP contribution in [0.3, 0.4) is 0 Å². The van der Waals surface area contributed by atoms with E-state index in [0.717, 1.165) is 12.8 Å². The SMILES string of the molecule is CCOC[Si](C)(C)c1ccc(=O)[nH]c1. The Morgan fingerprint density at radius 3 is 2.64 bits per heavy atom. The molecule has 0 aliphatic heterocycles. The number of nitrogens with one attached hydrogen (secondary N) is 1. The Labute approximate surface area is 85.1 Å². The van der Waals surface area contributed by atoms with E-state index < -0.39 is 8.07 Å². The molecule has 1 aromatic heterocycles. The van der Waals surface area contributed by atoms with Gasteiger partial charge < -0.3 is 9.72 Å². The van der Waals surface area contributed by atoms with Gasteiger partial charge >= 0.3 is 0 Å². The first-order valence-electron chi connectivity index (χ1n) is 4.83. The van der Waals surface area contributed by atoms with Crippen LogP contribution in [-0.4, -0.2) is 25.9 Å². The van der Waals surface area contributed by atoms with Gasteiger partial charge in [0.25, 0.3) is 0 Å². The average Bonchev–Trinajstić information content (AvgIpc) is 2.16. The highest BCUT2D eigenvalue weighted by Gasteiger charge is 2.23. The minimum absolute atomic E-state index is 0.0463. The molecule has 0 aromatic carbocycles. The van der Waals surface area contributed by atoms with Gasteiger partial charge in [-0.1, -0.05) is 19.2 Å². The van der Waals surface area contributed by atoms with Crippen molar-refractivity contribution < 1.29 is 4.74 Å². The van der Waals surface area contributed by atoms with Crippen molar-refractivity contribution in [1.29, 1.82) is 0 Å². The summed E-state index contributed by atoms with van der Waals surface area (Å²) in [6.45, 7) is 7.21. The summed E-state index contributed by atoms with van der Waals surface area (Å²) in [5, 5.41) is 1.23.